The number of halogens is 2. The number of hydrogen-bond donors (Lipinski definition) is 1. The van der Waals surface area contributed by atoms with Crippen LogP contribution in [0.25, 0.3) is 11.3 Å². The maximum atomic E-state index is 6.21. The number of nitrogens with zero attached hydrogens (tertiary/aromatic N) is 3. The summed E-state index contributed by atoms with van der Waals surface area (Å²) in [5.74, 6) is 0. The number of hydrogen-bond acceptors (Lipinski definition) is 4. The molecule has 0 radical (unpaired) electrons. The quantitative estimate of drug-likeness (QED) is 0.706. The maximum Gasteiger partial charge on any atom is 0.112 e. The molecule has 7 heteroatoms. The predicted molar refractivity (Wildman–Crippen MR) is 92.8 cm³/mol. The molecular formula is C15H14Cl2N4S. The summed E-state index contributed by atoms with van der Waals surface area (Å²) in [4.78, 5) is 4.61. The van der Waals surface area contributed by atoms with Gasteiger partial charge in [-0.05, 0) is 25.1 Å². The van der Waals surface area contributed by atoms with Crippen molar-refractivity contribution < 1.29 is 0 Å². The molecule has 0 unspecified atom stereocenters. The van der Waals surface area contributed by atoms with Crippen LogP contribution in [0.4, 0.5) is 5.69 Å². The van der Waals surface area contributed by atoms with Gasteiger partial charge in [-0.25, -0.2) is 4.98 Å². The van der Waals surface area contributed by atoms with Crippen LogP contribution in [0.1, 0.15) is 11.9 Å². The smallest absolute Gasteiger partial charge is 0.112 e. The van der Waals surface area contributed by atoms with Gasteiger partial charge in [0.2, 0.25) is 0 Å². The Balaban J connectivity index is 1.72. The zero-order valence-electron chi connectivity index (χ0n) is 11.9. The van der Waals surface area contributed by atoms with Crippen molar-refractivity contribution in [2.24, 2.45) is 0 Å². The minimum absolute atomic E-state index is 0.651. The van der Waals surface area contributed by atoms with Gasteiger partial charge in [0.05, 0.1) is 29.1 Å². The van der Waals surface area contributed by atoms with E-state index in [4.69, 9.17) is 23.2 Å². The molecule has 3 aromatic rings. The topological polar surface area (TPSA) is 42.7 Å². The number of anilines is 1. The molecule has 2 aromatic heterocycles. The fraction of sp³-hybridized carbons (Fsp3) is 0.200. The Bertz CT molecular complexity index is 781. The maximum absolute atomic E-state index is 6.21. The first-order chi connectivity index (χ1) is 10.7. The van der Waals surface area contributed by atoms with Gasteiger partial charge in [0, 0.05) is 28.7 Å². The van der Waals surface area contributed by atoms with Gasteiger partial charge in [-0.1, -0.05) is 23.2 Å². The Labute approximate surface area is 142 Å². The van der Waals surface area contributed by atoms with Crippen molar-refractivity contribution in [3.63, 3.8) is 0 Å². The number of aryl methyl sites for hydroxylation is 1. The van der Waals surface area contributed by atoms with Crippen molar-refractivity contribution in [2.75, 3.05) is 5.32 Å². The van der Waals surface area contributed by atoms with Crippen LogP contribution in [0.15, 0.2) is 36.0 Å². The summed E-state index contributed by atoms with van der Waals surface area (Å²) in [6, 6.07) is 5.39. The zero-order chi connectivity index (χ0) is 15.5. The summed E-state index contributed by atoms with van der Waals surface area (Å²) in [7, 11) is 0. The molecule has 0 aliphatic heterocycles. The van der Waals surface area contributed by atoms with Crippen molar-refractivity contribution in [3.05, 3.63) is 51.0 Å². The lowest BCUT2D eigenvalue weighted by Gasteiger charge is -2.02. The van der Waals surface area contributed by atoms with E-state index in [-0.39, 0.29) is 0 Å². The Morgan fingerprint density at radius 3 is 2.95 bits per heavy atom. The standard InChI is InChI=1S/C15H14Cl2N4S/c1-2-21-8-11(6-19-21)18-7-15-20-14(9-22-15)12-5-10(16)3-4-13(12)17/h3-6,8-9,18H,2,7H2,1H3. The molecule has 0 saturated carbocycles. The van der Waals surface area contributed by atoms with E-state index in [1.54, 1.807) is 23.5 Å². The summed E-state index contributed by atoms with van der Waals surface area (Å²) in [5, 5.41) is 11.8. The second-order valence-corrected chi connectivity index (χ2v) is 6.48. The van der Waals surface area contributed by atoms with E-state index < -0.39 is 0 Å². The third-order valence-electron chi connectivity index (χ3n) is 3.16. The van der Waals surface area contributed by atoms with E-state index in [9.17, 15) is 0 Å². The molecule has 1 aromatic carbocycles. The minimum Gasteiger partial charge on any atom is -0.376 e. The molecule has 0 fully saturated rings. The van der Waals surface area contributed by atoms with Crippen LogP contribution < -0.4 is 5.32 Å². The summed E-state index contributed by atoms with van der Waals surface area (Å²) < 4.78 is 1.88. The number of aromatic nitrogens is 3. The zero-order valence-corrected chi connectivity index (χ0v) is 14.2. The summed E-state index contributed by atoms with van der Waals surface area (Å²) in [5.41, 5.74) is 2.69. The van der Waals surface area contributed by atoms with Gasteiger partial charge in [-0.15, -0.1) is 11.3 Å². The van der Waals surface area contributed by atoms with E-state index in [1.807, 2.05) is 28.5 Å². The number of rotatable bonds is 5. The van der Waals surface area contributed by atoms with E-state index in [0.29, 0.717) is 16.6 Å². The van der Waals surface area contributed by atoms with Crippen LogP contribution in [0.3, 0.4) is 0 Å². The van der Waals surface area contributed by atoms with Gasteiger partial charge >= 0.3 is 0 Å². The highest BCUT2D eigenvalue weighted by molar-refractivity contribution is 7.10. The third kappa shape index (κ3) is 3.43. The molecule has 0 saturated heterocycles. The van der Waals surface area contributed by atoms with Gasteiger partial charge in [-0.3, -0.25) is 4.68 Å². The Hall–Kier alpha value is -1.56. The van der Waals surface area contributed by atoms with E-state index in [1.165, 1.54) is 0 Å². The van der Waals surface area contributed by atoms with Crippen molar-refractivity contribution >= 4 is 40.2 Å². The molecule has 3 rings (SSSR count). The molecule has 0 atom stereocenters. The Morgan fingerprint density at radius 1 is 1.32 bits per heavy atom. The molecule has 0 amide bonds. The average molecular weight is 353 g/mol. The van der Waals surface area contributed by atoms with Crippen LogP contribution in [-0.4, -0.2) is 14.8 Å². The normalized spacial score (nSPS) is 10.9. The molecule has 0 bridgehead atoms. The molecular weight excluding hydrogens is 339 g/mol. The SMILES string of the molecule is CCn1cc(NCc2nc(-c3cc(Cl)ccc3Cl)cs2)cn1. The van der Waals surface area contributed by atoms with Crippen LogP contribution in [0.2, 0.25) is 10.0 Å². The lowest BCUT2D eigenvalue weighted by molar-refractivity contribution is 0.660. The Morgan fingerprint density at radius 2 is 2.18 bits per heavy atom. The van der Waals surface area contributed by atoms with E-state index in [2.05, 4.69) is 22.3 Å². The molecule has 4 nitrogen and oxygen atoms in total. The second-order valence-electron chi connectivity index (χ2n) is 4.69. The van der Waals surface area contributed by atoms with Crippen LogP contribution in [0, 0.1) is 0 Å². The average Bonchev–Trinajstić information content (AvgIpc) is 3.16. The minimum atomic E-state index is 0.651. The summed E-state index contributed by atoms with van der Waals surface area (Å²) >= 11 is 13.8. The lowest BCUT2D eigenvalue weighted by Crippen LogP contribution is -1.98. The van der Waals surface area contributed by atoms with Crippen molar-refractivity contribution in [1.29, 1.82) is 0 Å². The molecule has 22 heavy (non-hydrogen) atoms. The number of thiazole rings is 1. The van der Waals surface area contributed by atoms with Gasteiger partial charge in [0.1, 0.15) is 5.01 Å². The molecule has 0 aliphatic rings. The highest BCUT2D eigenvalue weighted by Gasteiger charge is 2.09. The van der Waals surface area contributed by atoms with E-state index >= 15 is 0 Å². The van der Waals surface area contributed by atoms with E-state index in [0.717, 1.165) is 28.5 Å². The highest BCUT2D eigenvalue weighted by atomic mass is 35.5. The first-order valence-electron chi connectivity index (χ1n) is 6.82. The van der Waals surface area contributed by atoms with Gasteiger partial charge in [0.15, 0.2) is 0 Å². The molecule has 1 N–H and O–H groups in total. The van der Waals surface area contributed by atoms with Crippen molar-refractivity contribution in [1.82, 2.24) is 14.8 Å². The van der Waals surface area contributed by atoms with Crippen molar-refractivity contribution in [3.8, 4) is 11.3 Å². The van der Waals surface area contributed by atoms with Gasteiger partial charge in [0.25, 0.3) is 0 Å². The second kappa shape index (κ2) is 6.69. The summed E-state index contributed by atoms with van der Waals surface area (Å²) in [6.45, 7) is 3.56. The first kappa shape index (κ1) is 15.3. The summed E-state index contributed by atoms with van der Waals surface area (Å²) in [6.07, 6.45) is 3.79. The van der Waals surface area contributed by atoms with Crippen LogP contribution in [0.5, 0.6) is 0 Å². The Kier molecular flexibility index (Phi) is 4.66. The number of benzene rings is 1. The highest BCUT2D eigenvalue weighted by Crippen LogP contribution is 2.31. The molecule has 114 valence electrons. The fourth-order valence-corrected chi connectivity index (χ4v) is 3.14. The lowest BCUT2D eigenvalue weighted by atomic mass is 10.2. The molecule has 0 spiro atoms. The monoisotopic (exact) mass is 352 g/mol. The fourth-order valence-electron chi connectivity index (χ4n) is 2.02. The van der Waals surface area contributed by atoms with Crippen molar-refractivity contribution in [2.45, 2.75) is 20.0 Å². The third-order valence-corrected chi connectivity index (χ3v) is 4.57. The first-order valence-corrected chi connectivity index (χ1v) is 8.45. The van der Waals surface area contributed by atoms with Crippen LogP contribution in [-0.2, 0) is 13.1 Å². The van der Waals surface area contributed by atoms with Crippen LogP contribution >= 0.6 is 34.5 Å². The molecule has 0 aliphatic carbocycles. The predicted octanol–water partition coefficient (Wildman–Crippen LogP) is 4.95. The number of nitrogens with one attached hydrogen (secondary N) is 1. The van der Waals surface area contributed by atoms with Gasteiger partial charge in [-0.2, -0.15) is 5.10 Å². The van der Waals surface area contributed by atoms with Gasteiger partial charge < -0.3 is 5.32 Å². The largest absolute Gasteiger partial charge is 0.376 e. The molecule has 2 heterocycles.